The zero-order valence-corrected chi connectivity index (χ0v) is 42.0. The molecule has 4 rings (SSSR count). The molecule has 0 aliphatic carbocycles. The molecule has 2 saturated heterocycles. The van der Waals surface area contributed by atoms with E-state index in [0.29, 0.717) is 0 Å². The van der Waals surface area contributed by atoms with Crippen LogP contribution in [0, 0.1) is 21.7 Å². The minimum atomic E-state index is -0.643. The van der Waals surface area contributed by atoms with Crippen molar-refractivity contribution < 1.29 is 83.2 Å². The predicted molar refractivity (Wildman–Crippen MR) is 239 cm³/mol. The summed E-state index contributed by atoms with van der Waals surface area (Å²) in [6.45, 7) is 28.8. The van der Waals surface area contributed by atoms with Gasteiger partial charge in [-0.3, -0.25) is 19.2 Å². The van der Waals surface area contributed by atoms with Gasteiger partial charge >= 0.3 is 34.1 Å². The van der Waals surface area contributed by atoms with Crippen molar-refractivity contribution in [3.05, 3.63) is 95.1 Å². The van der Waals surface area contributed by atoms with Gasteiger partial charge in [0.15, 0.2) is 23.1 Å². The summed E-state index contributed by atoms with van der Waals surface area (Å²) in [6, 6.07) is 12.1. The Balaban J connectivity index is 0. The maximum absolute atomic E-state index is 12.2. The number of carbonyl (C=O) groups is 4. The third kappa shape index (κ3) is 24.4. The van der Waals surface area contributed by atoms with Gasteiger partial charge in [-0.1, -0.05) is 143 Å². The Morgan fingerprint density at radius 1 is 0.438 bits per heavy atom. The second-order valence-corrected chi connectivity index (χ2v) is 19.5. The van der Waals surface area contributed by atoms with Gasteiger partial charge in [-0.05, 0) is 72.8 Å². The number of allylic oxidation sites excluding steroid dienone is 4. The van der Waals surface area contributed by atoms with Gasteiger partial charge < -0.3 is 39.7 Å². The summed E-state index contributed by atoms with van der Waals surface area (Å²) in [7, 11) is 4.23. The molecular formula is C50H70Cu2N2O10. The number of ketones is 4. The van der Waals surface area contributed by atoms with Crippen LogP contribution in [0.5, 0.6) is 0 Å². The van der Waals surface area contributed by atoms with E-state index in [1.165, 1.54) is 36.4 Å². The first-order chi connectivity index (χ1) is 28.4. The summed E-state index contributed by atoms with van der Waals surface area (Å²) in [6.07, 6.45) is 4.20. The van der Waals surface area contributed by atoms with Crippen LogP contribution in [0.15, 0.2) is 72.8 Å². The topological polar surface area (TPSA) is 185 Å². The number of rotatable bonds is 8. The molecule has 14 heteroatoms. The van der Waals surface area contributed by atoms with Crippen molar-refractivity contribution in [2.45, 2.75) is 83.1 Å². The molecule has 64 heavy (non-hydrogen) atoms. The van der Waals surface area contributed by atoms with E-state index in [1.54, 1.807) is 95.2 Å². The maximum atomic E-state index is 12.2. The van der Waals surface area contributed by atoms with E-state index in [0.717, 1.165) is 76.9 Å². The molecule has 0 amide bonds. The van der Waals surface area contributed by atoms with E-state index in [9.17, 15) is 39.6 Å². The molecule has 0 N–H and O–H groups in total. The first-order valence-corrected chi connectivity index (χ1v) is 20.9. The SMILES string of the molecule is CC(C)(C)C(=O)/C=C(\[O-])c1cccc(/C([O-])=C/C(=O)C(C)(C)C)c1.CC(C)(C)C(=O)/C=C(\[O-])c1cccc(/C([O-])=C/C(=O)C(C)(C)C)c1.CN1CCOCC1.CN1CCOCC1.[Cu+2].[Cu+2]. The van der Waals surface area contributed by atoms with Crippen LogP contribution in [-0.4, -0.2) is 99.6 Å². The molecule has 0 spiro atoms. The number of morpholine rings is 2. The van der Waals surface area contributed by atoms with Gasteiger partial charge in [0.2, 0.25) is 0 Å². The summed E-state index contributed by atoms with van der Waals surface area (Å²) < 4.78 is 10.2. The molecule has 0 saturated carbocycles. The normalized spacial score (nSPS) is 15.8. The number of hydrogen-bond acceptors (Lipinski definition) is 12. The molecule has 0 bridgehead atoms. The fourth-order valence-corrected chi connectivity index (χ4v) is 4.64. The van der Waals surface area contributed by atoms with Gasteiger partial charge in [0.05, 0.1) is 26.4 Å². The smallest absolute Gasteiger partial charge is 0.872 e. The molecule has 2 aromatic rings. The number of carbonyl (C=O) groups excluding carboxylic acids is 4. The van der Waals surface area contributed by atoms with Gasteiger partial charge in [-0.25, -0.2) is 0 Å². The van der Waals surface area contributed by atoms with Gasteiger partial charge in [0.1, 0.15) is 0 Å². The first kappa shape index (κ1) is 62.2. The van der Waals surface area contributed by atoms with E-state index in [-0.39, 0.29) is 79.5 Å². The Morgan fingerprint density at radius 3 is 0.766 bits per heavy atom. The standard InChI is InChI=1S/2C20H26O4.2C5H11NO.2Cu/c2*1-19(2,3)17(23)11-15(21)13-8-7-9-14(10-13)16(22)12-18(24)20(4,5)6;2*1-6-2-4-7-5-3-6;;/h2*7-12,21-22H,1-6H3;2*2-5H2,1H3;;/q;;;;2*+2/p-4/b2*15-11-,16-12-;;;;. The van der Waals surface area contributed by atoms with Crippen LogP contribution >= 0.6 is 0 Å². The zero-order chi connectivity index (χ0) is 47.6. The summed E-state index contributed by atoms with van der Waals surface area (Å²) in [4.78, 5) is 52.2. The molecule has 362 valence electrons. The molecule has 2 aliphatic heterocycles. The number of likely N-dealkylation sites (N-methyl/N-ethyl adjacent to an activating group) is 2. The van der Waals surface area contributed by atoms with E-state index in [2.05, 4.69) is 23.9 Å². The second-order valence-electron chi connectivity index (χ2n) is 19.5. The summed E-state index contributed by atoms with van der Waals surface area (Å²) >= 11 is 0. The summed E-state index contributed by atoms with van der Waals surface area (Å²) in [5, 5.41) is 48.8. The molecule has 2 fully saturated rings. The minimum Gasteiger partial charge on any atom is -0.872 e. The average Bonchev–Trinajstić information content (AvgIpc) is 3.17. The quantitative estimate of drug-likeness (QED) is 0.205. The molecule has 12 nitrogen and oxygen atoms in total. The van der Waals surface area contributed by atoms with Gasteiger partial charge in [0, 0.05) is 47.8 Å². The number of benzene rings is 2. The van der Waals surface area contributed by atoms with Crippen molar-refractivity contribution in [1.29, 1.82) is 0 Å². The van der Waals surface area contributed by atoms with Crippen LogP contribution in [0.3, 0.4) is 0 Å². The molecule has 2 radical (unpaired) electrons. The minimum absolute atomic E-state index is 0. The average molecular weight is 986 g/mol. The predicted octanol–water partition coefficient (Wildman–Crippen LogP) is 4.53. The van der Waals surface area contributed by atoms with Crippen LogP contribution < -0.4 is 20.4 Å². The van der Waals surface area contributed by atoms with Gasteiger partial charge in [-0.2, -0.15) is 0 Å². The van der Waals surface area contributed by atoms with E-state index < -0.39 is 44.7 Å². The number of nitrogens with zero attached hydrogens (tertiary/aromatic N) is 2. The Bertz CT molecular complexity index is 1680. The van der Waals surface area contributed by atoms with Crippen molar-refractivity contribution in [2.75, 3.05) is 66.7 Å². The number of ether oxygens (including phenoxy) is 2. The fourth-order valence-electron chi connectivity index (χ4n) is 4.64. The van der Waals surface area contributed by atoms with Crippen molar-refractivity contribution in [3.63, 3.8) is 0 Å². The third-order valence-electron chi connectivity index (χ3n) is 9.34. The summed E-state index contributed by atoms with van der Waals surface area (Å²) in [5.74, 6) is -2.92. The molecule has 2 heterocycles. The molecule has 0 aromatic heterocycles. The van der Waals surface area contributed by atoms with Crippen molar-refractivity contribution in [2.24, 2.45) is 21.7 Å². The third-order valence-corrected chi connectivity index (χ3v) is 9.34. The Labute approximate surface area is 403 Å². The van der Waals surface area contributed by atoms with Crippen LogP contribution in [0.4, 0.5) is 0 Å². The van der Waals surface area contributed by atoms with Gasteiger partial charge in [-0.15, -0.1) is 0 Å². The van der Waals surface area contributed by atoms with Crippen molar-refractivity contribution in [3.8, 4) is 0 Å². The summed E-state index contributed by atoms with van der Waals surface area (Å²) in [5.41, 5.74) is -1.59. The van der Waals surface area contributed by atoms with Gasteiger partial charge in [0.25, 0.3) is 0 Å². The second kappa shape index (κ2) is 28.3. The fraction of sp³-hybridized carbons (Fsp3) is 0.520. The Morgan fingerprint density at radius 2 is 0.625 bits per heavy atom. The van der Waals surface area contributed by atoms with Crippen LogP contribution in [0.2, 0.25) is 0 Å². The largest absolute Gasteiger partial charge is 2.00 e. The Hall–Kier alpha value is -3.84. The van der Waals surface area contributed by atoms with Crippen molar-refractivity contribution >= 4 is 46.2 Å². The molecule has 2 aromatic carbocycles. The van der Waals surface area contributed by atoms with E-state index in [4.69, 9.17) is 9.47 Å². The molecule has 0 unspecified atom stereocenters. The zero-order valence-electron chi connectivity index (χ0n) is 40.2. The van der Waals surface area contributed by atoms with Crippen LogP contribution in [0.1, 0.15) is 105 Å². The van der Waals surface area contributed by atoms with Crippen molar-refractivity contribution in [1.82, 2.24) is 9.80 Å². The molecule has 2 aliphatic rings. The van der Waals surface area contributed by atoms with Crippen LogP contribution in [0.25, 0.3) is 23.0 Å². The maximum Gasteiger partial charge on any atom is 2.00 e. The van der Waals surface area contributed by atoms with E-state index >= 15 is 0 Å². The van der Waals surface area contributed by atoms with Crippen LogP contribution in [-0.2, 0) is 62.8 Å². The first-order valence-electron chi connectivity index (χ1n) is 20.9. The van der Waals surface area contributed by atoms with E-state index in [1.807, 2.05) is 0 Å². The molecular weight excluding hydrogens is 916 g/mol. The Kier molecular flexibility index (Phi) is 27.5. The number of hydrogen-bond donors (Lipinski definition) is 0. The monoisotopic (exact) mass is 984 g/mol. The molecule has 0 atom stereocenters.